The highest BCUT2D eigenvalue weighted by molar-refractivity contribution is 5.68. The summed E-state index contributed by atoms with van der Waals surface area (Å²) in [5.74, 6) is 1.49. The molecular weight excluding hydrogens is 433 g/mol. The summed E-state index contributed by atoms with van der Waals surface area (Å²) in [7, 11) is 4.14. The molecule has 3 aliphatic rings. The molecule has 180 valence electrons. The molecule has 0 spiro atoms. The first-order chi connectivity index (χ1) is 16.4. The van der Waals surface area contributed by atoms with Gasteiger partial charge in [0.2, 0.25) is 5.95 Å². The number of nitrogens with zero attached hydrogens (tertiary/aromatic N) is 4. The fourth-order valence-electron chi connectivity index (χ4n) is 5.25. The third-order valence-corrected chi connectivity index (χ3v) is 6.93. The fourth-order valence-corrected chi connectivity index (χ4v) is 5.25. The molecule has 4 N–H and O–H groups in total. The molecule has 34 heavy (non-hydrogen) atoms. The maximum Gasteiger partial charge on any atom is 0.229 e. The zero-order valence-corrected chi connectivity index (χ0v) is 19.7. The summed E-state index contributed by atoms with van der Waals surface area (Å²) >= 11 is 0. The first-order valence-electron chi connectivity index (χ1n) is 11.7. The summed E-state index contributed by atoms with van der Waals surface area (Å²) < 4.78 is 20.5. The Labute approximate surface area is 199 Å². The number of rotatable bonds is 8. The molecule has 2 bridgehead atoms. The average molecular weight is 466 g/mol. The minimum atomic E-state index is -0.496. The van der Waals surface area contributed by atoms with Gasteiger partial charge < -0.3 is 30.9 Å². The molecule has 0 amide bonds. The van der Waals surface area contributed by atoms with Gasteiger partial charge >= 0.3 is 0 Å². The second-order valence-corrected chi connectivity index (χ2v) is 9.56. The van der Waals surface area contributed by atoms with Gasteiger partial charge in [-0.05, 0) is 44.5 Å². The molecule has 2 aliphatic carbocycles. The van der Waals surface area contributed by atoms with E-state index in [2.05, 4.69) is 63.2 Å². The first-order valence-corrected chi connectivity index (χ1v) is 11.7. The first kappa shape index (κ1) is 22.5. The van der Waals surface area contributed by atoms with Gasteiger partial charge in [0.05, 0.1) is 18.4 Å². The van der Waals surface area contributed by atoms with E-state index < -0.39 is 5.82 Å². The lowest BCUT2D eigenvalue weighted by atomic mass is 9.87. The summed E-state index contributed by atoms with van der Waals surface area (Å²) in [6.07, 6.45) is 6.55. The van der Waals surface area contributed by atoms with Crippen LogP contribution in [-0.2, 0) is 0 Å². The van der Waals surface area contributed by atoms with Gasteiger partial charge in [-0.25, -0.2) is 9.37 Å². The number of aromatic nitrogens is 2. The van der Waals surface area contributed by atoms with Crippen molar-refractivity contribution in [3.8, 4) is 5.75 Å². The van der Waals surface area contributed by atoms with Crippen molar-refractivity contribution in [3.63, 3.8) is 0 Å². The molecule has 0 saturated heterocycles. The van der Waals surface area contributed by atoms with Gasteiger partial charge in [-0.1, -0.05) is 18.7 Å². The Bertz CT molecular complexity index is 1100. The second kappa shape index (κ2) is 9.13. The number of anilines is 4. The van der Waals surface area contributed by atoms with E-state index in [-0.39, 0.29) is 23.7 Å². The average Bonchev–Trinajstić information content (AvgIpc) is 3.41. The predicted octanol–water partition coefficient (Wildman–Crippen LogP) is 3.19. The Morgan fingerprint density at radius 1 is 1.32 bits per heavy atom. The van der Waals surface area contributed by atoms with Crippen molar-refractivity contribution in [2.24, 2.45) is 23.5 Å². The molecule has 4 atom stereocenters. The lowest BCUT2D eigenvalue weighted by Crippen LogP contribution is -2.37. The molecule has 2 aromatic rings. The molecule has 1 aliphatic heterocycles. The number of hydrogen-bond donors (Lipinski definition) is 3. The number of halogens is 1. The molecular formula is C25H32FN7O. The van der Waals surface area contributed by atoms with E-state index in [9.17, 15) is 4.39 Å². The van der Waals surface area contributed by atoms with E-state index >= 15 is 0 Å². The van der Waals surface area contributed by atoms with Gasteiger partial charge in [-0.15, -0.1) is 0 Å². The highest BCUT2D eigenvalue weighted by Crippen LogP contribution is 2.46. The van der Waals surface area contributed by atoms with Crippen LogP contribution < -0.4 is 26.0 Å². The molecule has 5 rings (SSSR count). The van der Waals surface area contributed by atoms with Crippen LogP contribution in [0.4, 0.5) is 27.5 Å². The van der Waals surface area contributed by atoms with Crippen LogP contribution in [0.5, 0.6) is 5.75 Å². The topological polar surface area (TPSA) is 91.6 Å². The predicted molar refractivity (Wildman–Crippen MR) is 133 cm³/mol. The molecule has 1 aromatic heterocycles. The molecule has 1 saturated carbocycles. The van der Waals surface area contributed by atoms with Crippen LogP contribution in [-0.4, -0.2) is 61.2 Å². The number of benzene rings is 1. The molecule has 2 heterocycles. The monoisotopic (exact) mass is 465 g/mol. The molecule has 4 unspecified atom stereocenters. The van der Waals surface area contributed by atoms with E-state index in [1.54, 1.807) is 0 Å². The van der Waals surface area contributed by atoms with E-state index in [0.717, 1.165) is 43.2 Å². The Hall–Kier alpha value is -3.33. The molecule has 1 fully saturated rings. The maximum absolute atomic E-state index is 14.6. The summed E-state index contributed by atoms with van der Waals surface area (Å²) in [5, 5.41) is 6.47. The minimum absolute atomic E-state index is 0.0324. The van der Waals surface area contributed by atoms with Crippen LogP contribution in [0.1, 0.15) is 6.42 Å². The van der Waals surface area contributed by atoms with Crippen molar-refractivity contribution < 1.29 is 9.13 Å². The number of nitrogens with one attached hydrogen (secondary N) is 2. The van der Waals surface area contributed by atoms with Crippen LogP contribution >= 0.6 is 0 Å². The van der Waals surface area contributed by atoms with E-state index in [1.807, 2.05) is 18.2 Å². The highest BCUT2D eigenvalue weighted by Gasteiger charge is 2.45. The van der Waals surface area contributed by atoms with Gasteiger partial charge in [0.1, 0.15) is 12.4 Å². The van der Waals surface area contributed by atoms with Gasteiger partial charge in [0, 0.05) is 42.5 Å². The van der Waals surface area contributed by atoms with Gasteiger partial charge in [-0.3, -0.25) is 0 Å². The van der Waals surface area contributed by atoms with Gasteiger partial charge in [-0.2, -0.15) is 4.98 Å². The van der Waals surface area contributed by atoms with Crippen LogP contribution in [0.3, 0.4) is 0 Å². The Morgan fingerprint density at radius 3 is 2.94 bits per heavy atom. The van der Waals surface area contributed by atoms with Crippen molar-refractivity contribution >= 4 is 23.1 Å². The molecule has 0 radical (unpaired) electrons. The zero-order valence-electron chi connectivity index (χ0n) is 19.7. The van der Waals surface area contributed by atoms with Crippen molar-refractivity contribution in [2.45, 2.75) is 12.5 Å². The van der Waals surface area contributed by atoms with E-state index in [1.165, 1.54) is 6.20 Å². The number of likely N-dealkylation sites (N-methyl/N-ethyl adjacent to an activating group) is 1. The standard InChI is InChI=1S/C25H32FN7O/c1-15(27)22-16-4-5-17(12-16)23(22)30-24-19(26)14-28-25(31-24)29-18-6-7-20-21(13-18)34-11-10-33(20)9-8-32(2)3/h4-7,13-14,16-17,22-23H,1,8-12,27H2,2-3H3,(H2,28,29,30,31). The molecule has 8 nitrogen and oxygen atoms in total. The zero-order chi connectivity index (χ0) is 23.8. The number of hydrogen-bond acceptors (Lipinski definition) is 8. The van der Waals surface area contributed by atoms with Crippen molar-refractivity contribution in [2.75, 3.05) is 55.9 Å². The van der Waals surface area contributed by atoms with Crippen LogP contribution in [0.25, 0.3) is 0 Å². The van der Waals surface area contributed by atoms with Gasteiger partial charge in [0.25, 0.3) is 0 Å². The van der Waals surface area contributed by atoms with E-state index in [0.29, 0.717) is 24.2 Å². The van der Waals surface area contributed by atoms with Crippen molar-refractivity contribution in [1.82, 2.24) is 14.9 Å². The lowest BCUT2D eigenvalue weighted by Gasteiger charge is -2.32. The van der Waals surface area contributed by atoms with Crippen molar-refractivity contribution in [3.05, 3.63) is 54.6 Å². The minimum Gasteiger partial charge on any atom is -0.489 e. The smallest absolute Gasteiger partial charge is 0.229 e. The normalized spacial score (nSPS) is 24.8. The van der Waals surface area contributed by atoms with Crippen LogP contribution in [0, 0.1) is 23.6 Å². The third kappa shape index (κ3) is 4.40. The van der Waals surface area contributed by atoms with Crippen molar-refractivity contribution in [1.29, 1.82) is 0 Å². The Morgan fingerprint density at radius 2 is 2.15 bits per heavy atom. The van der Waals surface area contributed by atoms with Crippen LogP contribution in [0.2, 0.25) is 0 Å². The Balaban J connectivity index is 1.32. The summed E-state index contributed by atoms with van der Waals surface area (Å²) in [5.41, 5.74) is 8.54. The maximum atomic E-state index is 14.6. The summed E-state index contributed by atoms with van der Waals surface area (Å²) in [6, 6.07) is 5.90. The number of allylic oxidation sites excluding steroid dienone is 1. The largest absolute Gasteiger partial charge is 0.489 e. The van der Waals surface area contributed by atoms with Crippen LogP contribution in [0.15, 0.2) is 48.8 Å². The van der Waals surface area contributed by atoms with Gasteiger partial charge in [0.15, 0.2) is 11.6 Å². The fraction of sp³-hybridized carbons (Fsp3) is 0.440. The Kier molecular flexibility index (Phi) is 6.03. The third-order valence-electron chi connectivity index (χ3n) is 6.93. The summed E-state index contributed by atoms with van der Waals surface area (Å²) in [4.78, 5) is 13.1. The number of fused-ring (bicyclic) bond motifs is 3. The number of ether oxygens (including phenoxy) is 1. The summed E-state index contributed by atoms with van der Waals surface area (Å²) in [6.45, 7) is 7.35. The quantitative estimate of drug-likeness (QED) is 0.512. The lowest BCUT2D eigenvalue weighted by molar-refractivity contribution is 0.303. The highest BCUT2D eigenvalue weighted by atomic mass is 19.1. The van der Waals surface area contributed by atoms with E-state index in [4.69, 9.17) is 10.5 Å². The second-order valence-electron chi connectivity index (χ2n) is 9.56. The number of nitrogens with two attached hydrogens (primary N) is 1. The molecule has 9 heteroatoms. The molecule has 1 aromatic carbocycles. The SMILES string of the molecule is C=C(N)C1C2C=CC(C2)C1Nc1nc(Nc2ccc3c(c2)OCCN3CCN(C)C)ncc1F.